The summed E-state index contributed by atoms with van der Waals surface area (Å²) in [6.45, 7) is 2.09. The highest BCUT2D eigenvalue weighted by molar-refractivity contribution is 7.98. The number of aromatic nitrogens is 3. The molecular formula is C20H16ClN3S. The van der Waals surface area contributed by atoms with Gasteiger partial charge in [-0.25, -0.2) is 9.50 Å². The van der Waals surface area contributed by atoms with E-state index in [4.69, 9.17) is 11.6 Å². The van der Waals surface area contributed by atoms with Gasteiger partial charge in [0, 0.05) is 28.7 Å². The molecule has 124 valence electrons. The predicted molar refractivity (Wildman–Crippen MR) is 104 cm³/mol. The molecule has 0 saturated heterocycles. The first kappa shape index (κ1) is 16.2. The maximum Gasteiger partial charge on any atom is 0.122 e. The topological polar surface area (TPSA) is 30.2 Å². The minimum absolute atomic E-state index is 0.760. The molecule has 25 heavy (non-hydrogen) atoms. The van der Waals surface area contributed by atoms with E-state index in [0.717, 1.165) is 32.6 Å². The Kier molecular flexibility index (Phi) is 4.47. The van der Waals surface area contributed by atoms with E-state index in [1.807, 2.05) is 28.9 Å². The van der Waals surface area contributed by atoms with Crippen molar-refractivity contribution < 1.29 is 0 Å². The predicted octanol–water partition coefficient (Wildman–Crippen LogP) is 5.65. The number of benzene rings is 2. The maximum absolute atomic E-state index is 6.06. The van der Waals surface area contributed by atoms with Crippen molar-refractivity contribution in [3.05, 3.63) is 83.1 Å². The van der Waals surface area contributed by atoms with Gasteiger partial charge in [-0.3, -0.25) is 0 Å². The highest BCUT2D eigenvalue weighted by atomic mass is 35.5. The van der Waals surface area contributed by atoms with Crippen LogP contribution in [-0.4, -0.2) is 14.6 Å². The van der Waals surface area contributed by atoms with Crippen LogP contribution in [0, 0.1) is 6.92 Å². The zero-order valence-corrected chi connectivity index (χ0v) is 15.3. The van der Waals surface area contributed by atoms with E-state index in [0.29, 0.717) is 0 Å². The van der Waals surface area contributed by atoms with Gasteiger partial charge in [0.05, 0.1) is 11.2 Å². The molecule has 5 heteroatoms. The zero-order valence-electron chi connectivity index (χ0n) is 13.7. The second kappa shape index (κ2) is 6.90. The van der Waals surface area contributed by atoms with Gasteiger partial charge in [-0.1, -0.05) is 65.3 Å². The van der Waals surface area contributed by atoms with Gasteiger partial charge in [0.1, 0.15) is 5.03 Å². The van der Waals surface area contributed by atoms with Crippen LogP contribution >= 0.6 is 23.4 Å². The third-order valence-electron chi connectivity index (χ3n) is 3.97. The third-order valence-corrected chi connectivity index (χ3v) is 5.27. The van der Waals surface area contributed by atoms with Crippen LogP contribution in [0.15, 0.2) is 72.0 Å². The lowest BCUT2D eigenvalue weighted by Gasteiger charge is -2.03. The van der Waals surface area contributed by atoms with E-state index in [2.05, 4.69) is 53.4 Å². The summed E-state index contributed by atoms with van der Waals surface area (Å²) in [7, 11) is 0. The summed E-state index contributed by atoms with van der Waals surface area (Å²) in [5.74, 6) is 0.818. The second-order valence-electron chi connectivity index (χ2n) is 5.88. The van der Waals surface area contributed by atoms with Crippen molar-refractivity contribution in [3.8, 4) is 11.3 Å². The van der Waals surface area contributed by atoms with Gasteiger partial charge in [-0.15, -0.1) is 0 Å². The first-order chi connectivity index (χ1) is 12.2. The van der Waals surface area contributed by atoms with Crippen molar-refractivity contribution >= 4 is 28.9 Å². The largest absolute Gasteiger partial charge is 0.246 e. The molecule has 0 bridgehead atoms. The van der Waals surface area contributed by atoms with Crippen molar-refractivity contribution in [2.75, 3.05) is 0 Å². The number of thioether (sulfide) groups is 1. The Balaban J connectivity index is 1.64. The number of hydrogen-bond donors (Lipinski definition) is 0. The summed E-state index contributed by atoms with van der Waals surface area (Å²) < 4.78 is 1.89. The Morgan fingerprint density at radius 3 is 2.72 bits per heavy atom. The molecule has 2 heterocycles. The van der Waals surface area contributed by atoms with E-state index in [1.165, 1.54) is 11.1 Å². The highest BCUT2D eigenvalue weighted by Gasteiger charge is 2.10. The normalized spacial score (nSPS) is 11.1. The zero-order chi connectivity index (χ0) is 17.2. The molecule has 4 aromatic rings. The smallest absolute Gasteiger partial charge is 0.122 e. The lowest BCUT2D eigenvalue weighted by atomic mass is 10.1. The summed E-state index contributed by atoms with van der Waals surface area (Å²) >= 11 is 7.76. The fourth-order valence-electron chi connectivity index (χ4n) is 2.65. The van der Waals surface area contributed by atoms with Crippen molar-refractivity contribution in [3.63, 3.8) is 0 Å². The number of nitrogens with zero attached hydrogens (tertiary/aromatic N) is 3. The average Bonchev–Trinajstić information content (AvgIpc) is 3.05. The molecule has 0 amide bonds. The molecule has 0 fully saturated rings. The fourth-order valence-corrected chi connectivity index (χ4v) is 3.78. The van der Waals surface area contributed by atoms with E-state index in [1.54, 1.807) is 18.0 Å². The molecule has 0 N–H and O–H groups in total. The summed E-state index contributed by atoms with van der Waals surface area (Å²) in [5, 5.41) is 6.41. The molecule has 0 atom stereocenters. The molecule has 0 aliphatic rings. The van der Waals surface area contributed by atoms with Crippen LogP contribution in [0.5, 0.6) is 0 Å². The molecule has 0 aliphatic heterocycles. The molecule has 0 spiro atoms. The fraction of sp³-hybridized carbons (Fsp3) is 0.100. The molecule has 2 aromatic heterocycles. The van der Waals surface area contributed by atoms with Crippen molar-refractivity contribution in [1.29, 1.82) is 0 Å². The maximum atomic E-state index is 6.06. The highest BCUT2D eigenvalue weighted by Crippen LogP contribution is 2.28. The summed E-state index contributed by atoms with van der Waals surface area (Å²) in [4.78, 5) is 4.53. The Hall–Kier alpha value is -2.30. The van der Waals surface area contributed by atoms with Gasteiger partial charge < -0.3 is 0 Å². The molecule has 0 radical (unpaired) electrons. The average molecular weight is 366 g/mol. The lowest BCUT2D eigenvalue weighted by Crippen LogP contribution is -1.91. The Morgan fingerprint density at radius 1 is 1.08 bits per heavy atom. The molecular weight excluding hydrogens is 350 g/mol. The van der Waals surface area contributed by atoms with E-state index >= 15 is 0 Å². The van der Waals surface area contributed by atoms with Crippen LogP contribution in [0.4, 0.5) is 0 Å². The molecule has 0 aliphatic carbocycles. The SMILES string of the molecule is Cc1ccc(-c2cc3c(SCc4cccc(Cl)c4)nccn3n2)cc1. The van der Waals surface area contributed by atoms with Gasteiger partial charge in [0.15, 0.2) is 0 Å². The van der Waals surface area contributed by atoms with E-state index in [9.17, 15) is 0 Å². The van der Waals surface area contributed by atoms with Crippen LogP contribution in [0.25, 0.3) is 16.8 Å². The van der Waals surface area contributed by atoms with Gasteiger partial charge in [0.2, 0.25) is 0 Å². The quantitative estimate of drug-likeness (QED) is 0.438. The van der Waals surface area contributed by atoms with Gasteiger partial charge >= 0.3 is 0 Å². The third kappa shape index (κ3) is 3.55. The summed E-state index contributed by atoms with van der Waals surface area (Å²) in [6, 6.07) is 18.4. The van der Waals surface area contributed by atoms with Crippen molar-refractivity contribution in [1.82, 2.24) is 14.6 Å². The number of hydrogen-bond acceptors (Lipinski definition) is 3. The molecule has 4 rings (SSSR count). The minimum Gasteiger partial charge on any atom is -0.246 e. The number of halogens is 1. The van der Waals surface area contributed by atoms with Crippen molar-refractivity contribution in [2.45, 2.75) is 17.7 Å². The molecule has 2 aromatic carbocycles. The Bertz CT molecular complexity index is 1020. The monoisotopic (exact) mass is 365 g/mol. The lowest BCUT2D eigenvalue weighted by molar-refractivity contribution is 0.920. The van der Waals surface area contributed by atoms with Crippen molar-refractivity contribution in [2.24, 2.45) is 0 Å². The summed E-state index contributed by atoms with van der Waals surface area (Å²) in [6.07, 6.45) is 3.68. The van der Waals surface area contributed by atoms with Crippen LogP contribution in [-0.2, 0) is 5.75 Å². The molecule has 0 saturated carbocycles. The number of rotatable bonds is 4. The summed E-state index contributed by atoms with van der Waals surface area (Å²) in [5.41, 5.74) is 5.51. The van der Waals surface area contributed by atoms with Crippen LogP contribution in [0.2, 0.25) is 5.02 Å². The number of fused-ring (bicyclic) bond motifs is 1. The Labute approximate surface area is 155 Å². The van der Waals surface area contributed by atoms with Gasteiger partial charge in [0.25, 0.3) is 0 Å². The molecule has 3 nitrogen and oxygen atoms in total. The van der Waals surface area contributed by atoms with Gasteiger partial charge in [-0.05, 0) is 30.7 Å². The number of aryl methyl sites for hydroxylation is 1. The van der Waals surface area contributed by atoms with E-state index in [-0.39, 0.29) is 0 Å². The first-order valence-electron chi connectivity index (χ1n) is 7.98. The van der Waals surface area contributed by atoms with E-state index < -0.39 is 0 Å². The second-order valence-corrected chi connectivity index (χ2v) is 7.28. The standard InChI is InChI=1S/C20H16ClN3S/c1-14-5-7-16(8-6-14)18-12-19-20(22-9-10-24(19)23-18)25-13-15-3-2-4-17(21)11-15/h2-12H,13H2,1H3. The van der Waals surface area contributed by atoms with Gasteiger partial charge in [-0.2, -0.15) is 5.10 Å². The van der Waals surface area contributed by atoms with Crippen LogP contribution < -0.4 is 0 Å². The van der Waals surface area contributed by atoms with Crippen LogP contribution in [0.1, 0.15) is 11.1 Å². The minimum atomic E-state index is 0.760. The molecule has 0 unspecified atom stereocenters. The first-order valence-corrected chi connectivity index (χ1v) is 9.34. The Morgan fingerprint density at radius 2 is 1.92 bits per heavy atom. The van der Waals surface area contributed by atoms with Crippen LogP contribution in [0.3, 0.4) is 0 Å².